The number of halogens is 2. The van der Waals surface area contributed by atoms with E-state index in [0.717, 1.165) is 5.57 Å². The maximum absolute atomic E-state index is 14.7. The summed E-state index contributed by atoms with van der Waals surface area (Å²) in [5, 5.41) is 29.2. The number of esters is 3. The molecule has 1 aromatic rings. The van der Waals surface area contributed by atoms with Crippen LogP contribution >= 0.6 is 45.2 Å². The molecule has 4 aliphatic rings. The fourth-order valence-electron chi connectivity index (χ4n) is 12.9. The van der Waals surface area contributed by atoms with Gasteiger partial charge in [0.15, 0.2) is 5.78 Å². The number of amides is 3. The third kappa shape index (κ3) is 21.4. The number of ether oxygens (including phenoxy) is 7. The maximum Gasteiger partial charge on any atom is 0.340 e. The summed E-state index contributed by atoms with van der Waals surface area (Å²) in [6.07, 6.45) is 11.5. The Labute approximate surface area is 570 Å². The summed E-state index contributed by atoms with van der Waals surface area (Å²) in [6, 6.07) is -1.21. The number of Topliss-reactive ketones (excluding diaryl/α,β-unsaturated/α-hetero) is 3. The fourth-order valence-corrected chi connectivity index (χ4v) is 15.5. The van der Waals surface area contributed by atoms with Crippen LogP contribution < -0.4 is 10.6 Å². The third-order valence-corrected chi connectivity index (χ3v) is 20.6. The quantitative estimate of drug-likeness (QED) is 0.0299. The monoisotopic (exact) mass is 1510 g/mol. The molecule has 1 saturated carbocycles. The Morgan fingerprint density at radius 2 is 1.47 bits per heavy atom. The SMILES string of the molecule is CO[C@H]1C[C@@H]2CC[C@@H](C)[C@@](O)(O2)C(=O)C(=O)N2CCCC[C@H]2C(=O)O[C@H]([C@H](C)C[C@@H]2CC[C@@H](OC(=O)CCCCCOC(=O)c3c(I)c(NC(C)=O)c(C)c(NC(C)=O)c3I)[C@H](OC)C2)CC(=O)[C@H](C)/C=C(\C)[C@@H](O)[C@@H](OC)C(=O)[C@H](C)C[C@H](C)/C=C/C=CC=C1C. The lowest BCUT2D eigenvalue weighted by Crippen LogP contribution is -2.61. The highest BCUT2D eigenvalue weighted by molar-refractivity contribution is 14.1. The Kier molecular flexibility index (Phi) is 31.3. The van der Waals surface area contributed by atoms with Crippen molar-refractivity contribution < 1.29 is 86.5 Å². The number of nitrogens with zero attached hydrogens (tertiary/aromatic N) is 1. The molecule has 3 heterocycles. The molecule has 0 radical (unpaired) electrons. The number of hydrogen-bond donors (Lipinski definition) is 4. The zero-order chi connectivity index (χ0) is 68.3. The Balaban J connectivity index is 1.31. The van der Waals surface area contributed by atoms with Crippen molar-refractivity contribution in [3.8, 4) is 0 Å². The van der Waals surface area contributed by atoms with Crippen molar-refractivity contribution in [2.75, 3.05) is 45.1 Å². The van der Waals surface area contributed by atoms with Crippen LogP contribution in [0.15, 0.2) is 47.6 Å². The van der Waals surface area contributed by atoms with Crippen LogP contribution in [0.2, 0.25) is 0 Å². The molecule has 2 saturated heterocycles. The highest BCUT2D eigenvalue weighted by Gasteiger charge is 2.53. The van der Waals surface area contributed by atoms with Gasteiger partial charge in [0.25, 0.3) is 11.7 Å². The van der Waals surface area contributed by atoms with Crippen molar-refractivity contribution >= 4 is 110 Å². The van der Waals surface area contributed by atoms with Crippen molar-refractivity contribution in [3.63, 3.8) is 0 Å². The average molecular weight is 1510 g/mol. The highest BCUT2D eigenvalue weighted by atomic mass is 127. The highest BCUT2D eigenvalue weighted by Crippen LogP contribution is 2.40. The second-order valence-electron chi connectivity index (χ2n) is 25.7. The van der Waals surface area contributed by atoms with E-state index in [9.17, 15) is 53.4 Å². The van der Waals surface area contributed by atoms with Crippen molar-refractivity contribution in [2.45, 2.75) is 227 Å². The fraction of sp³-hybridized carbons (Fsp3) is 0.667. The zero-order valence-electron chi connectivity index (χ0n) is 55.9. The first-order chi connectivity index (χ1) is 43.5. The number of aliphatic hydroxyl groups is 2. The smallest absolute Gasteiger partial charge is 0.340 e. The lowest BCUT2D eigenvalue weighted by atomic mass is 9.78. The van der Waals surface area contributed by atoms with Gasteiger partial charge in [-0.2, -0.15) is 0 Å². The third-order valence-electron chi connectivity index (χ3n) is 18.4. The van der Waals surface area contributed by atoms with Crippen LogP contribution in [0, 0.1) is 49.6 Å². The van der Waals surface area contributed by atoms with Crippen molar-refractivity contribution in [3.05, 3.63) is 65.9 Å². The molecule has 3 fully saturated rings. The summed E-state index contributed by atoms with van der Waals surface area (Å²) in [6.45, 7) is 17.1. The largest absolute Gasteiger partial charge is 0.462 e. The zero-order valence-corrected chi connectivity index (χ0v) is 60.2. The normalized spacial score (nSPS) is 30.8. The number of allylic oxidation sites excluding steroid dienone is 6. The standard InChI is InChI=1S/C69H99I2N3O18/c1-38-22-16-14-17-23-39(2)53(86-11)36-49-28-26-44(7)69(85,92-49)65(81)66(82)74-30-20-19-24-50(74)67(83)91-54(37-51(77)40(3)33-43(6)63(80)64(88-13)62(79)42(5)32-38)41(4)34-48-27-29-52(55(35-48)87-12)90-56(78)25-18-15-21-31-89-68(84)57-58(70)60(72-46(9)75)45(8)61(59(57)71)73-47(10)76/h14,16-17,22-23,33,38,40-42,44,48-50,52-55,63-64,80,85H,15,18-21,24-32,34-37H2,1-13H3,(H,72,75)(H,73,76)/b17-14?,22-16+,39-23?,43-33+/t38-,40-,41-,42-,44-,48+,49+,50+,52-,53+,54+,55-,63-,64+,69-/m1/s1. The van der Waals surface area contributed by atoms with Crippen LogP contribution in [-0.4, -0.2) is 157 Å². The van der Waals surface area contributed by atoms with Crippen molar-refractivity contribution in [2.24, 2.45) is 35.5 Å². The average Bonchev–Trinajstić information content (AvgIpc) is 0.888. The summed E-state index contributed by atoms with van der Waals surface area (Å²) in [5.41, 5.74) is 2.80. The minimum Gasteiger partial charge on any atom is -0.462 e. The number of fused-ring (bicyclic) bond motifs is 3. The number of nitrogens with one attached hydrogen (secondary N) is 2. The molecule has 512 valence electrons. The number of methoxy groups -OCH3 is 3. The Morgan fingerprint density at radius 3 is 2.10 bits per heavy atom. The van der Waals surface area contributed by atoms with Crippen LogP contribution in [0.4, 0.5) is 11.4 Å². The molecular weight excluding hydrogens is 1410 g/mol. The number of unbranched alkanes of at least 4 members (excludes halogenated alkanes) is 2. The van der Waals surface area contributed by atoms with Crippen LogP contribution in [0.3, 0.4) is 0 Å². The summed E-state index contributed by atoms with van der Waals surface area (Å²) < 4.78 is 42.6. The molecule has 5 rings (SSSR count). The second-order valence-corrected chi connectivity index (χ2v) is 27.9. The van der Waals surface area contributed by atoms with Gasteiger partial charge in [0, 0.05) is 78.7 Å². The van der Waals surface area contributed by atoms with E-state index in [-0.39, 0.29) is 79.6 Å². The maximum atomic E-state index is 14.7. The molecule has 1 aliphatic carbocycles. The first-order valence-electron chi connectivity index (χ1n) is 32.4. The number of carbonyl (C=O) groups excluding carboxylic acids is 9. The predicted octanol–water partition coefficient (Wildman–Crippen LogP) is 10.6. The van der Waals surface area contributed by atoms with E-state index < -0.39 is 108 Å². The molecule has 23 heteroatoms. The van der Waals surface area contributed by atoms with Crippen LogP contribution in [0.1, 0.15) is 181 Å². The molecule has 2 bridgehead atoms. The van der Waals surface area contributed by atoms with E-state index in [2.05, 4.69) is 10.6 Å². The van der Waals surface area contributed by atoms with E-state index >= 15 is 0 Å². The summed E-state index contributed by atoms with van der Waals surface area (Å²) in [7, 11) is 4.48. The minimum atomic E-state index is -2.48. The number of hydrogen-bond acceptors (Lipinski definition) is 18. The Morgan fingerprint density at radius 1 is 0.793 bits per heavy atom. The van der Waals surface area contributed by atoms with Gasteiger partial charge in [-0.25, -0.2) is 9.59 Å². The number of rotatable bonds is 16. The first kappa shape index (κ1) is 77.9. The lowest BCUT2D eigenvalue weighted by Gasteiger charge is -2.42. The second kappa shape index (κ2) is 36.9. The molecular formula is C69H99I2N3O18. The molecule has 1 aromatic carbocycles. The molecule has 4 N–H and O–H groups in total. The molecule has 92 heavy (non-hydrogen) atoms. The van der Waals surface area contributed by atoms with Gasteiger partial charge in [-0.05, 0) is 184 Å². The number of carbonyl (C=O) groups is 9. The number of anilines is 2. The van der Waals surface area contributed by atoms with E-state index in [0.29, 0.717) is 107 Å². The van der Waals surface area contributed by atoms with Gasteiger partial charge >= 0.3 is 17.9 Å². The van der Waals surface area contributed by atoms with Gasteiger partial charge in [-0.15, -0.1) is 0 Å². The van der Waals surface area contributed by atoms with Gasteiger partial charge in [0.05, 0.1) is 49.0 Å². The topological polar surface area (TPSA) is 286 Å². The van der Waals surface area contributed by atoms with Gasteiger partial charge in [-0.3, -0.25) is 33.6 Å². The lowest BCUT2D eigenvalue weighted by molar-refractivity contribution is -0.265. The number of aliphatic hydroxyl groups excluding tert-OH is 1. The molecule has 0 spiro atoms. The van der Waals surface area contributed by atoms with E-state index in [4.69, 9.17) is 33.2 Å². The minimum absolute atomic E-state index is 0.0193. The molecule has 15 atom stereocenters. The van der Waals surface area contributed by atoms with Crippen molar-refractivity contribution in [1.82, 2.24) is 4.90 Å². The van der Waals surface area contributed by atoms with Gasteiger partial charge in [0.1, 0.15) is 36.2 Å². The van der Waals surface area contributed by atoms with Crippen LogP contribution in [0.5, 0.6) is 0 Å². The summed E-state index contributed by atoms with van der Waals surface area (Å²) >= 11 is 3.96. The van der Waals surface area contributed by atoms with Gasteiger partial charge < -0.3 is 58.9 Å². The van der Waals surface area contributed by atoms with E-state index in [1.54, 1.807) is 54.9 Å². The van der Waals surface area contributed by atoms with E-state index in [1.165, 1.54) is 25.9 Å². The number of ketones is 3. The molecule has 3 amide bonds. The molecule has 0 aromatic heterocycles. The number of piperidine rings is 1. The number of benzene rings is 1. The number of cyclic esters (lactones) is 1. The van der Waals surface area contributed by atoms with Crippen LogP contribution in [0.25, 0.3) is 0 Å². The summed E-state index contributed by atoms with van der Waals surface area (Å²) in [4.78, 5) is 124. The first-order valence-corrected chi connectivity index (χ1v) is 34.6. The summed E-state index contributed by atoms with van der Waals surface area (Å²) in [5.74, 6) is -10.4. The van der Waals surface area contributed by atoms with Crippen molar-refractivity contribution in [1.29, 1.82) is 0 Å². The predicted molar refractivity (Wildman–Crippen MR) is 363 cm³/mol. The molecule has 0 unspecified atom stereocenters. The van der Waals surface area contributed by atoms with E-state index in [1.807, 2.05) is 96.3 Å². The molecule has 3 aliphatic heterocycles. The Bertz CT molecular complexity index is 2880. The van der Waals surface area contributed by atoms with Gasteiger partial charge in [0.2, 0.25) is 17.6 Å². The van der Waals surface area contributed by atoms with Gasteiger partial charge in [-0.1, -0.05) is 71.1 Å². The van der Waals surface area contributed by atoms with Crippen LogP contribution in [-0.2, 0) is 71.5 Å². The molecule has 21 nitrogen and oxygen atoms in total. The Hall–Kier alpha value is -4.77.